The van der Waals surface area contributed by atoms with Crippen LogP contribution in [-0.4, -0.2) is 24.3 Å². The fraction of sp³-hybridized carbons (Fsp3) is 0.706. The second-order valence-electron chi connectivity index (χ2n) is 7.03. The smallest absolute Gasteiger partial charge is 0.407 e. The average Bonchev–Trinajstić information content (AvgIpc) is 2.82. The summed E-state index contributed by atoms with van der Waals surface area (Å²) in [5, 5.41) is 6.53. The van der Waals surface area contributed by atoms with Gasteiger partial charge in [0.2, 0.25) is 0 Å². The number of carbonyl (C=O) groups excluding carboxylic acids is 1. The fourth-order valence-corrected chi connectivity index (χ4v) is 4.20. The molecule has 2 rings (SSSR count). The predicted molar refractivity (Wildman–Crippen MR) is 96.5 cm³/mol. The molecule has 1 amide bonds. The van der Waals surface area contributed by atoms with E-state index in [1.54, 1.807) is 11.3 Å². The molecule has 6 heteroatoms. The average molecular weight is 359 g/mol. The highest BCUT2D eigenvalue weighted by atomic mass is 35.5. The molecule has 1 aliphatic rings. The minimum absolute atomic E-state index is 0.220. The molecular weight excluding hydrogens is 332 g/mol. The lowest BCUT2D eigenvalue weighted by atomic mass is 9.93. The largest absolute Gasteiger partial charge is 0.444 e. The lowest BCUT2D eigenvalue weighted by molar-refractivity contribution is 0.0521. The topological polar surface area (TPSA) is 50.4 Å². The van der Waals surface area contributed by atoms with E-state index in [9.17, 15) is 4.79 Å². The van der Waals surface area contributed by atoms with E-state index in [1.807, 2.05) is 20.8 Å². The van der Waals surface area contributed by atoms with Crippen LogP contribution in [0, 0.1) is 0 Å². The van der Waals surface area contributed by atoms with Crippen molar-refractivity contribution in [3.8, 4) is 0 Å². The van der Waals surface area contributed by atoms with E-state index >= 15 is 0 Å². The standard InChI is InChI=1S/C17H27ClN2O2S/c1-5-11(10-19-16(21)22-17(2,3)4)20-13-7-6-8-14-12(13)9-15(18)23-14/h9,11,13,20H,5-8,10H2,1-4H3,(H,19,21). The summed E-state index contributed by atoms with van der Waals surface area (Å²) >= 11 is 7.86. The van der Waals surface area contributed by atoms with E-state index in [0.717, 1.165) is 23.6 Å². The Balaban J connectivity index is 1.89. The van der Waals surface area contributed by atoms with Crippen molar-refractivity contribution in [3.63, 3.8) is 0 Å². The summed E-state index contributed by atoms with van der Waals surface area (Å²) in [5.41, 5.74) is 0.868. The van der Waals surface area contributed by atoms with Gasteiger partial charge >= 0.3 is 6.09 Å². The summed E-state index contributed by atoms with van der Waals surface area (Å²) in [7, 11) is 0. The van der Waals surface area contributed by atoms with Crippen molar-refractivity contribution in [1.29, 1.82) is 0 Å². The molecule has 0 saturated carbocycles. The van der Waals surface area contributed by atoms with Gasteiger partial charge in [-0.05, 0) is 58.1 Å². The number of carbonyl (C=O) groups is 1. The van der Waals surface area contributed by atoms with E-state index < -0.39 is 5.60 Å². The van der Waals surface area contributed by atoms with Crippen LogP contribution in [0.15, 0.2) is 6.07 Å². The molecule has 2 N–H and O–H groups in total. The molecule has 2 unspecified atom stereocenters. The third kappa shape index (κ3) is 5.66. The first-order chi connectivity index (χ1) is 10.8. The molecule has 0 bridgehead atoms. The lowest BCUT2D eigenvalue weighted by Gasteiger charge is -2.29. The van der Waals surface area contributed by atoms with Crippen molar-refractivity contribution in [2.45, 2.75) is 71.1 Å². The van der Waals surface area contributed by atoms with Gasteiger partial charge in [-0.15, -0.1) is 11.3 Å². The highest BCUT2D eigenvalue weighted by Gasteiger charge is 2.25. The van der Waals surface area contributed by atoms with Gasteiger partial charge in [-0.2, -0.15) is 0 Å². The molecule has 1 heterocycles. The number of rotatable bonds is 5. The number of nitrogens with one attached hydrogen (secondary N) is 2. The van der Waals surface area contributed by atoms with Crippen LogP contribution in [0.4, 0.5) is 4.79 Å². The van der Waals surface area contributed by atoms with E-state index in [4.69, 9.17) is 16.3 Å². The van der Waals surface area contributed by atoms with Crippen LogP contribution >= 0.6 is 22.9 Å². The predicted octanol–water partition coefficient (Wildman–Crippen LogP) is 4.67. The van der Waals surface area contributed by atoms with Crippen molar-refractivity contribution in [1.82, 2.24) is 10.6 Å². The van der Waals surface area contributed by atoms with Crippen molar-refractivity contribution in [2.75, 3.05) is 6.54 Å². The molecular formula is C17H27ClN2O2S. The second-order valence-corrected chi connectivity index (χ2v) is 8.80. The van der Waals surface area contributed by atoms with Crippen LogP contribution in [0.3, 0.4) is 0 Å². The summed E-state index contributed by atoms with van der Waals surface area (Å²) in [6, 6.07) is 2.64. The van der Waals surface area contributed by atoms with Gasteiger partial charge in [0.05, 0.1) is 4.34 Å². The van der Waals surface area contributed by atoms with E-state index in [2.05, 4.69) is 23.6 Å². The summed E-state index contributed by atoms with van der Waals surface area (Å²) in [4.78, 5) is 13.2. The third-order valence-electron chi connectivity index (χ3n) is 3.91. The number of aryl methyl sites for hydroxylation is 1. The number of hydrogen-bond acceptors (Lipinski definition) is 4. The highest BCUT2D eigenvalue weighted by molar-refractivity contribution is 7.16. The van der Waals surface area contributed by atoms with Crippen molar-refractivity contribution < 1.29 is 9.53 Å². The van der Waals surface area contributed by atoms with Crippen molar-refractivity contribution in [2.24, 2.45) is 0 Å². The SMILES string of the molecule is CCC(CNC(=O)OC(C)(C)C)NC1CCCc2sc(Cl)cc21. The molecule has 130 valence electrons. The van der Waals surface area contributed by atoms with E-state index in [-0.39, 0.29) is 12.1 Å². The maximum Gasteiger partial charge on any atom is 0.407 e. The first-order valence-corrected chi connectivity index (χ1v) is 9.49. The van der Waals surface area contributed by atoms with Crippen LogP contribution in [0.5, 0.6) is 0 Å². The van der Waals surface area contributed by atoms with Crippen LogP contribution in [0.25, 0.3) is 0 Å². The normalized spacial score (nSPS) is 19.1. The van der Waals surface area contributed by atoms with Crippen LogP contribution in [0.1, 0.15) is 63.4 Å². The second kappa shape index (κ2) is 7.86. The zero-order chi connectivity index (χ0) is 17.0. The molecule has 2 atom stereocenters. The van der Waals surface area contributed by atoms with Gasteiger partial charge in [0.25, 0.3) is 0 Å². The number of ether oxygens (including phenoxy) is 1. The molecule has 0 radical (unpaired) electrons. The van der Waals surface area contributed by atoms with Crippen molar-refractivity contribution in [3.05, 3.63) is 20.8 Å². The first kappa shape index (κ1) is 18.6. The minimum Gasteiger partial charge on any atom is -0.444 e. The molecule has 1 aromatic heterocycles. The Labute approximate surface area is 147 Å². The summed E-state index contributed by atoms with van der Waals surface area (Å²) < 4.78 is 6.15. The molecule has 1 aliphatic carbocycles. The maximum atomic E-state index is 11.8. The number of hydrogen-bond donors (Lipinski definition) is 2. The maximum absolute atomic E-state index is 11.8. The first-order valence-electron chi connectivity index (χ1n) is 8.29. The Kier molecular flexibility index (Phi) is 6.34. The van der Waals surface area contributed by atoms with Gasteiger partial charge in [0.15, 0.2) is 0 Å². The van der Waals surface area contributed by atoms with Gasteiger partial charge in [-0.3, -0.25) is 0 Å². The Morgan fingerprint density at radius 2 is 2.26 bits per heavy atom. The zero-order valence-corrected chi connectivity index (χ0v) is 15.9. The van der Waals surface area contributed by atoms with E-state index in [0.29, 0.717) is 12.6 Å². The molecule has 0 saturated heterocycles. The summed E-state index contributed by atoms with van der Waals surface area (Å²) in [6.45, 7) is 8.29. The molecule has 1 aromatic rings. The monoisotopic (exact) mass is 358 g/mol. The summed E-state index contributed by atoms with van der Waals surface area (Å²) in [6.07, 6.45) is 4.00. The summed E-state index contributed by atoms with van der Waals surface area (Å²) in [5.74, 6) is 0. The number of alkyl carbamates (subject to hydrolysis) is 1. The Morgan fingerprint density at radius 1 is 1.52 bits per heavy atom. The third-order valence-corrected chi connectivity index (χ3v) is 5.24. The van der Waals surface area contributed by atoms with Crippen LogP contribution in [0.2, 0.25) is 4.34 Å². The number of fused-ring (bicyclic) bond motifs is 1. The molecule has 23 heavy (non-hydrogen) atoms. The Bertz CT molecular complexity index is 539. The van der Waals surface area contributed by atoms with E-state index in [1.165, 1.54) is 16.9 Å². The molecule has 0 aromatic carbocycles. The van der Waals surface area contributed by atoms with Crippen LogP contribution in [-0.2, 0) is 11.2 Å². The van der Waals surface area contributed by atoms with Gasteiger partial charge in [0, 0.05) is 23.5 Å². The molecule has 4 nitrogen and oxygen atoms in total. The van der Waals surface area contributed by atoms with Crippen molar-refractivity contribution >= 4 is 29.0 Å². The highest BCUT2D eigenvalue weighted by Crippen LogP contribution is 2.38. The zero-order valence-electron chi connectivity index (χ0n) is 14.4. The Hall–Kier alpha value is -0.780. The van der Waals surface area contributed by atoms with Gasteiger partial charge < -0.3 is 15.4 Å². The van der Waals surface area contributed by atoms with Gasteiger partial charge in [-0.25, -0.2) is 4.79 Å². The molecule has 0 aliphatic heterocycles. The number of amides is 1. The fourth-order valence-electron chi connectivity index (χ4n) is 2.82. The number of halogens is 1. The minimum atomic E-state index is -0.467. The van der Waals surface area contributed by atoms with Gasteiger partial charge in [0.1, 0.15) is 5.60 Å². The van der Waals surface area contributed by atoms with Crippen LogP contribution < -0.4 is 10.6 Å². The van der Waals surface area contributed by atoms with Gasteiger partial charge in [-0.1, -0.05) is 18.5 Å². The molecule has 0 fully saturated rings. The number of thiophene rings is 1. The lowest BCUT2D eigenvalue weighted by Crippen LogP contribution is -2.44. The quantitative estimate of drug-likeness (QED) is 0.804. The Morgan fingerprint density at radius 3 is 2.91 bits per heavy atom. The molecule has 0 spiro atoms.